The molecule has 0 fully saturated rings. The molecule has 2 rings (SSSR count). The normalized spacial score (nSPS) is 12.2. The molecule has 0 radical (unpaired) electrons. The first-order chi connectivity index (χ1) is 9.02. The van der Waals surface area contributed by atoms with E-state index in [1.165, 1.54) is 17.2 Å². The summed E-state index contributed by atoms with van der Waals surface area (Å²) in [5.41, 5.74) is 4.65. The Bertz CT molecular complexity index is 543. The summed E-state index contributed by atoms with van der Waals surface area (Å²) < 4.78 is 13.1. The van der Waals surface area contributed by atoms with Crippen molar-refractivity contribution in [1.82, 2.24) is 0 Å². The van der Waals surface area contributed by atoms with E-state index in [-0.39, 0.29) is 11.9 Å². The highest BCUT2D eigenvalue weighted by molar-refractivity contribution is 5.49. The number of hydrogen-bond acceptors (Lipinski definition) is 1. The van der Waals surface area contributed by atoms with Gasteiger partial charge in [0.25, 0.3) is 0 Å². The first-order valence-corrected chi connectivity index (χ1v) is 6.62. The van der Waals surface area contributed by atoms with Gasteiger partial charge in [0.2, 0.25) is 0 Å². The van der Waals surface area contributed by atoms with Crippen LogP contribution in [0.2, 0.25) is 0 Å². The maximum Gasteiger partial charge on any atom is 0.123 e. The summed E-state index contributed by atoms with van der Waals surface area (Å²) >= 11 is 0. The van der Waals surface area contributed by atoms with Gasteiger partial charge in [0.05, 0.1) is 0 Å². The van der Waals surface area contributed by atoms with E-state index >= 15 is 0 Å². The Kier molecular flexibility index (Phi) is 4.20. The quantitative estimate of drug-likeness (QED) is 0.851. The predicted molar refractivity (Wildman–Crippen MR) is 79.1 cm³/mol. The zero-order valence-corrected chi connectivity index (χ0v) is 11.7. The van der Waals surface area contributed by atoms with E-state index in [4.69, 9.17) is 0 Å². The Morgan fingerprint density at radius 2 is 1.74 bits per heavy atom. The molecular formula is C17H20FN. The largest absolute Gasteiger partial charge is 0.382 e. The van der Waals surface area contributed by atoms with E-state index in [1.54, 1.807) is 12.1 Å². The lowest BCUT2D eigenvalue weighted by atomic mass is 10.1. The Hall–Kier alpha value is -1.83. The fraction of sp³-hybridized carbons (Fsp3) is 0.294. The van der Waals surface area contributed by atoms with Crippen molar-refractivity contribution < 1.29 is 4.39 Å². The van der Waals surface area contributed by atoms with Crippen molar-refractivity contribution in [3.63, 3.8) is 0 Å². The van der Waals surface area contributed by atoms with E-state index in [0.717, 1.165) is 17.7 Å². The van der Waals surface area contributed by atoms with Crippen molar-refractivity contribution >= 4 is 5.69 Å². The molecule has 0 amide bonds. The van der Waals surface area contributed by atoms with Crippen molar-refractivity contribution in [1.29, 1.82) is 0 Å². The summed E-state index contributed by atoms with van der Waals surface area (Å²) in [5, 5.41) is 3.47. The average Bonchev–Trinajstić information content (AvgIpc) is 2.26. The molecule has 0 aliphatic heterocycles. The standard InChI is InChI=1S/C17H20FN/c1-12-7-13(2)9-17(8-12)19-14(3)10-15-5-4-6-16(18)11-15/h4-9,11,14,19H,10H2,1-3H3. The minimum Gasteiger partial charge on any atom is -0.382 e. The number of halogens is 1. The Morgan fingerprint density at radius 3 is 2.37 bits per heavy atom. The van der Waals surface area contributed by atoms with Crippen LogP contribution >= 0.6 is 0 Å². The molecule has 0 saturated heterocycles. The van der Waals surface area contributed by atoms with Gasteiger partial charge in [0.1, 0.15) is 5.82 Å². The number of hydrogen-bond donors (Lipinski definition) is 1. The van der Waals surface area contributed by atoms with Crippen LogP contribution in [0.5, 0.6) is 0 Å². The molecule has 1 N–H and O–H groups in total. The molecule has 1 unspecified atom stereocenters. The average molecular weight is 257 g/mol. The SMILES string of the molecule is Cc1cc(C)cc(NC(C)Cc2cccc(F)c2)c1. The molecule has 19 heavy (non-hydrogen) atoms. The molecule has 100 valence electrons. The van der Waals surface area contributed by atoms with Gasteiger partial charge in [-0.3, -0.25) is 0 Å². The summed E-state index contributed by atoms with van der Waals surface area (Å²) in [7, 11) is 0. The molecule has 0 aliphatic carbocycles. The van der Waals surface area contributed by atoms with E-state index in [2.05, 4.69) is 44.3 Å². The van der Waals surface area contributed by atoms with Crippen molar-refractivity contribution in [2.24, 2.45) is 0 Å². The van der Waals surface area contributed by atoms with Crippen LogP contribution < -0.4 is 5.32 Å². The lowest BCUT2D eigenvalue weighted by Gasteiger charge is -2.16. The summed E-state index contributed by atoms with van der Waals surface area (Å²) in [5.74, 6) is -0.170. The van der Waals surface area contributed by atoms with Crippen LogP contribution in [0.25, 0.3) is 0 Å². The third-order valence-electron chi connectivity index (χ3n) is 3.07. The van der Waals surface area contributed by atoms with Crippen LogP contribution in [0.4, 0.5) is 10.1 Å². The zero-order chi connectivity index (χ0) is 13.8. The van der Waals surface area contributed by atoms with E-state index in [1.807, 2.05) is 6.07 Å². The molecular weight excluding hydrogens is 237 g/mol. The highest BCUT2D eigenvalue weighted by atomic mass is 19.1. The monoisotopic (exact) mass is 257 g/mol. The zero-order valence-electron chi connectivity index (χ0n) is 11.7. The first kappa shape index (κ1) is 13.6. The lowest BCUT2D eigenvalue weighted by Crippen LogP contribution is -2.18. The third-order valence-corrected chi connectivity index (χ3v) is 3.07. The van der Waals surface area contributed by atoms with Gasteiger partial charge in [-0.1, -0.05) is 18.2 Å². The van der Waals surface area contributed by atoms with Gasteiger partial charge in [-0.2, -0.15) is 0 Å². The van der Waals surface area contributed by atoms with Crippen molar-refractivity contribution in [2.45, 2.75) is 33.2 Å². The smallest absolute Gasteiger partial charge is 0.123 e. The number of benzene rings is 2. The maximum absolute atomic E-state index is 13.1. The van der Waals surface area contributed by atoms with Crippen LogP contribution in [0.15, 0.2) is 42.5 Å². The van der Waals surface area contributed by atoms with Gasteiger partial charge in [0.15, 0.2) is 0 Å². The Morgan fingerprint density at radius 1 is 1.05 bits per heavy atom. The van der Waals surface area contributed by atoms with Crippen LogP contribution in [-0.2, 0) is 6.42 Å². The molecule has 0 bridgehead atoms. The number of aryl methyl sites for hydroxylation is 2. The molecule has 0 heterocycles. The fourth-order valence-electron chi connectivity index (χ4n) is 2.41. The highest BCUT2D eigenvalue weighted by Crippen LogP contribution is 2.16. The first-order valence-electron chi connectivity index (χ1n) is 6.62. The minimum atomic E-state index is -0.170. The topological polar surface area (TPSA) is 12.0 Å². The second kappa shape index (κ2) is 5.87. The molecule has 2 aromatic carbocycles. The van der Waals surface area contributed by atoms with Gasteiger partial charge < -0.3 is 5.32 Å². The predicted octanol–water partition coefficient (Wildman–Crippen LogP) is 4.49. The van der Waals surface area contributed by atoms with E-state index < -0.39 is 0 Å². The lowest BCUT2D eigenvalue weighted by molar-refractivity contribution is 0.624. The molecule has 0 aliphatic rings. The van der Waals surface area contributed by atoms with Crippen molar-refractivity contribution in [3.05, 3.63) is 65.0 Å². The van der Waals surface area contributed by atoms with Gasteiger partial charge in [-0.05, 0) is 68.1 Å². The van der Waals surface area contributed by atoms with Crippen LogP contribution in [0.3, 0.4) is 0 Å². The summed E-state index contributed by atoms with van der Waals surface area (Å²) in [4.78, 5) is 0. The molecule has 2 heteroatoms. The number of anilines is 1. The van der Waals surface area contributed by atoms with E-state index in [0.29, 0.717) is 0 Å². The Labute approximate surface area is 114 Å². The highest BCUT2D eigenvalue weighted by Gasteiger charge is 2.05. The second-order valence-corrected chi connectivity index (χ2v) is 5.26. The van der Waals surface area contributed by atoms with Gasteiger partial charge in [-0.15, -0.1) is 0 Å². The number of rotatable bonds is 4. The van der Waals surface area contributed by atoms with Gasteiger partial charge in [0, 0.05) is 11.7 Å². The molecule has 0 saturated carbocycles. The van der Waals surface area contributed by atoms with Crippen molar-refractivity contribution in [3.8, 4) is 0 Å². The van der Waals surface area contributed by atoms with Crippen molar-refractivity contribution in [2.75, 3.05) is 5.32 Å². The number of nitrogens with one attached hydrogen (secondary N) is 1. The summed E-state index contributed by atoms with van der Waals surface area (Å²) in [6.45, 7) is 6.30. The summed E-state index contributed by atoms with van der Waals surface area (Å²) in [6.07, 6.45) is 0.810. The second-order valence-electron chi connectivity index (χ2n) is 5.26. The fourth-order valence-corrected chi connectivity index (χ4v) is 2.41. The van der Waals surface area contributed by atoms with Crippen LogP contribution in [0.1, 0.15) is 23.6 Å². The Balaban J connectivity index is 2.03. The van der Waals surface area contributed by atoms with Gasteiger partial charge >= 0.3 is 0 Å². The molecule has 1 nitrogen and oxygen atoms in total. The van der Waals surface area contributed by atoms with Crippen LogP contribution in [0, 0.1) is 19.7 Å². The van der Waals surface area contributed by atoms with Crippen LogP contribution in [-0.4, -0.2) is 6.04 Å². The third kappa shape index (κ3) is 4.09. The van der Waals surface area contributed by atoms with Gasteiger partial charge in [-0.25, -0.2) is 4.39 Å². The molecule has 2 aromatic rings. The molecule has 1 atom stereocenters. The molecule has 0 aromatic heterocycles. The molecule has 0 spiro atoms. The van der Waals surface area contributed by atoms with E-state index in [9.17, 15) is 4.39 Å². The minimum absolute atomic E-state index is 0.170. The maximum atomic E-state index is 13.1. The summed E-state index contributed by atoms with van der Waals surface area (Å²) in [6, 6.07) is 13.5.